The zero-order valence-electron chi connectivity index (χ0n) is 41.0. The van der Waals surface area contributed by atoms with Crippen LogP contribution in [0.2, 0.25) is 0 Å². The normalized spacial score (nSPS) is 14.3. The minimum atomic E-state index is -3.31. The Bertz CT molecular complexity index is 2240. The molecule has 0 spiro atoms. The molecule has 0 amide bonds. The van der Waals surface area contributed by atoms with Crippen LogP contribution in [0.3, 0.4) is 0 Å². The van der Waals surface area contributed by atoms with Crippen molar-refractivity contribution in [3.05, 3.63) is 123 Å². The minimum Gasteiger partial charge on any atom is -0.373 e. The molecule has 66 heavy (non-hydrogen) atoms. The van der Waals surface area contributed by atoms with E-state index in [1.165, 1.54) is 11.1 Å². The molecule has 354 valence electrons. The Labute approximate surface area is 415 Å². The fourth-order valence-corrected chi connectivity index (χ4v) is 17.7. The van der Waals surface area contributed by atoms with Gasteiger partial charge in [0.15, 0.2) is 0 Å². The molecule has 0 aliphatic heterocycles. The number of fused-ring (bicyclic) bond motifs is 2. The SMILES string of the molecule is CO[Si](OC)(OC)c1cc(-c2cccc3[cH-]c(C4(c5cc6c(-c7cc([Si](OC)(OC)OC)cc([Si](OC)(OC)OC)c7)cccc6[cH-]5)CCCC4)cc23)cc([Si](OC)(OC)OC)c1.[CH3-].[CH3-].[Hf+4]. The predicted octanol–water partition coefficient (Wildman–Crippen LogP) is 6.86. The Morgan fingerprint density at radius 2 is 0.667 bits per heavy atom. The quantitative estimate of drug-likeness (QED) is 0.0589. The van der Waals surface area contributed by atoms with Crippen molar-refractivity contribution in [1.29, 1.82) is 0 Å². The Balaban J connectivity index is 0.00000317. The van der Waals surface area contributed by atoms with Crippen molar-refractivity contribution >= 4 is 77.5 Å². The first-order valence-corrected chi connectivity index (χ1v) is 27.7. The molecule has 0 saturated heterocycles. The van der Waals surface area contributed by atoms with Crippen LogP contribution in [-0.4, -0.2) is 121 Å². The zero-order chi connectivity index (χ0) is 45.2. The van der Waals surface area contributed by atoms with Gasteiger partial charge in [-0.25, -0.2) is 0 Å². The molecule has 7 rings (SSSR count). The summed E-state index contributed by atoms with van der Waals surface area (Å²) in [7, 11) is 6.12. The van der Waals surface area contributed by atoms with Gasteiger partial charge in [-0.15, -0.1) is 69.1 Å². The second-order valence-electron chi connectivity index (χ2n) is 15.7. The Morgan fingerprint density at radius 3 is 0.924 bits per heavy atom. The number of hydrogen-bond donors (Lipinski definition) is 0. The first-order valence-electron chi connectivity index (χ1n) is 20.8. The Morgan fingerprint density at radius 1 is 0.394 bits per heavy atom. The summed E-state index contributed by atoms with van der Waals surface area (Å²) in [5.74, 6) is 0. The van der Waals surface area contributed by atoms with E-state index < -0.39 is 35.2 Å². The van der Waals surface area contributed by atoms with Crippen LogP contribution in [0, 0.1) is 14.9 Å². The van der Waals surface area contributed by atoms with E-state index in [-0.39, 0.29) is 46.1 Å². The van der Waals surface area contributed by atoms with Crippen LogP contribution in [0.25, 0.3) is 43.8 Å². The molecule has 1 saturated carbocycles. The van der Waals surface area contributed by atoms with Crippen LogP contribution in [-0.2, 0) is 84.4 Å². The van der Waals surface area contributed by atoms with Crippen molar-refractivity contribution in [1.82, 2.24) is 0 Å². The van der Waals surface area contributed by atoms with Crippen molar-refractivity contribution in [3.8, 4) is 22.3 Å². The fraction of sp³-hybridized carbons (Fsp3) is 0.347. The Hall–Kier alpha value is -2.64. The standard InChI is InChI=1S/C47H60O12Si4.2CH3.Hf/c1-48-60(49-2,50-3)39-25-35(26-40(31-39)61(51-4,52-5)53-6)43-19-15-17-33-23-37(29-45(33)43)47(21-13-14-22-47)38-24-34-18-16-20-44(46(34)30-38)36-27-41(62(54-7,55-8)56-9)32-42(28-36)63(57-10,58-11)59-12;;;/h15-20,23-32H,13-14,21-22H2,1-12H3;2*1H3;/q-2;2*-1;+4. The molecular formula is C49H66HfO12Si4. The molecule has 6 aromatic carbocycles. The molecule has 0 atom stereocenters. The van der Waals surface area contributed by atoms with Crippen molar-refractivity contribution in [2.24, 2.45) is 0 Å². The first-order chi connectivity index (χ1) is 30.5. The van der Waals surface area contributed by atoms with Crippen LogP contribution >= 0.6 is 0 Å². The summed E-state index contributed by atoms with van der Waals surface area (Å²) in [4.78, 5) is 0. The smallest absolute Gasteiger partial charge is 0.373 e. The monoisotopic (exact) mass is 1140 g/mol. The summed E-state index contributed by atoms with van der Waals surface area (Å²) < 4.78 is 71.9. The molecule has 1 fully saturated rings. The maximum Gasteiger partial charge on any atom is 4.00 e. The van der Waals surface area contributed by atoms with E-state index in [2.05, 4.69) is 84.9 Å². The molecule has 0 radical (unpaired) electrons. The maximum absolute atomic E-state index is 5.99. The molecule has 12 nitrogen and oxygen atoms in total. The number of benzene rings is 4. The van der Waals surface area contributed by atoms with Gasteiger partial charge in [0.25, 0.3) is 0 Å². The van der Waals surface area contributed by atoms with Crippen LogP contribution in [0.4, 0.5) is 0 Å². The van der Waals surface area contributed by atoms with Crippen LogP contribution in [0.1, 0.15) is 36.8 Å². The van der Waals surface area contributed by atoms with Gasteiger partial charge in [0.05, 0.1) is 0 Å². The third kappa shape index (κ3) is 9.38. The molecule has 0 bridgehead atoms. The fourth-order valence-electron chi connectivity index (χ4n) is 9.94. The van der Waals surface area contributed by atoms with E-state index in [1.54, 1.807) is 85.3 Å². The molecule has 1 aliphatic rings. The minimum absolute atomic E-state index is 0. The largest absolute Gasteiger partial charge is 4.00 e. The van der Waals surface area contributed by atoms with E-state index >= 15 is 0 Å². The van der Waals surface area contributed by atoms with Crippen LogP contribution < -0.4 is 20.7 Å². The zero-order valence-corrected chi connectivity index (χ0v) is 48.6. The van der Waals surface area contributed by atoms with Gasteiger partial charge in [-0.3, -0.25) is 0 Å². The maximum atomic E-state index is 5.99. The van der Waals surface area contributed by atoms with Crippen molar-refractivity contribution in [3.63, 3.8) is 0 Å². The summed E-state index contributed by atoms with van der Waals surface area (Å²) in [6.45, 7) is 0. The molecule has 0 unspecified atom stereocenters. The van der Waals surface area contributed by atoms with Gasteiger partial charge in [0.2, 0.25) is 0 Å². The second-order valence-corrected chi connectivity index (χ2v) is 27.3. The van der Waals surface area contributed by atoms with Gasteiger partial charge in [0.1, 0.15) is 0 Å². The van der Waals surface area contributed by atoms with E-state index in [0.717, 1.165) is 90.2 Å². The first kappa shape index (κ1) is 55.9. The van der Waals surface area contributed by atoms with Gasteiger partial charge in [0, 0.05) is 106 Å². The summed E-state index contributed by atoms with van der Waals surface area (Å²) in [5.41, 5.74) is 6.42. The number of hydrogen-bond acceptors (Lipinski definition) is 12. The molecule has 0 heterocycles. The third-order valence-electron chi connectivity index (χ3n) is 13.2. The second kappa shape index (κ2) is 22.9. The molecule has 17 heteroatoms. The summed E-state index contributed by atoms with van der Waals surface area (Å²) in [6, 6.07) is 34.9. The van der Waals surface area contributed by atoms with E-state index in [0.29, 0.717) is 0 Å². The number of rotatable bonds is 20. The van der Waals surface area contributed by atoms with Crippen molar-refractivity contribution < 1.29 is 79.0 Å². The van der Waals surface area contributed by atoms with E-state index in [9.17, 15) is 0 Å². The average Bonchev–Trinajstić information content (AvgIpc) is 4.12. The van der Waals surface area contributed by atoms with Crippen molar-refractivity contribution in [2.75, 3.05) is 85.3 Å². The topological polar surface area (TPSA) is 111 Å². The van der Waals surface area contributed by atoms with Gasteiger partial charge in [-0.1, -0.05) is 36.1 Å². The molecule has 0 aromatic heterocycles. The van der Waals surface area contributed by atoms with Gasteiger partial charge in [-0.2, -0.15) is 12.1 Å². The summed E-state index contributed by atoms with van der Waals surface area (Å²) in [6.07, 6.45) is 4.32. The van der Waals surface area contributed by atoms with Crippen LogP contribution in [0.15, 0.2) is 97.1 Å². The van der Waals surface area contributed by atoms with Gasteiger partial charge < -0.3 is 68.0 Å². The molecule has 1 aliphatic carbocycles. The van der Waals surface area contributed by atoms with Gasteiger partial charge >= 0.3 is 61.1 Å². The average molecular weight is 1140 g/mol. The van der Waals surface area contributed by atoms with Crippen molar-refractivity contribution in [2.45, 2.75) is 31.1 Å². The molecule has 0 N–H and O–H groups in total. The van der Waals surface area contributed by atoms with Crippen LogP contribution in [0.5, 0.6) is 0 Å². The van der Waals surface area contributed by atoms with E-state index in [1.807, 2.05) is 12.1 Å². The van der Waals surface area contributed by atoms with E-state index in [4.69, 9.17) is 53.1 Å². The molecule has 6 aromatic rings. The predicted molar refractivity (Wildman–Crippen MR) is 268 cm³/mol. The third-order valence-corrected chi connectivity index (χ3v) is 23.6. The van der Waals surface area contributed by atoms with Gasteiger partial charge in [-0.05, 0) is 65.8 Å². The summed E-state index contributed by atoms with van der Waals surface area (Å²) in [5, 5.41) is 7.71. The Kier molecular flexibility index (Phi) is 19.4. The summed E-state index contributed by atoms with van der Waals surface area (Å²) >= 11 is 0. The molecular weight excluding hydrogens is 1070 g/mol.